The summed E-state index contributed by atoms with van der Waals surface area (Å²) in [5.41, 5.74) is -0.543. The number of aliphatic hydroxyl groups is 2. The first-order chi connectivity index (χ1) is 8.74. The molecule has 2 N–H and O–H groups in total. The van der Waals surface area contributed by atoms with E-state index in [1.54, 1.807) is 12.1 Å². The van der Waals surface area contributed by atoms with Crippen molar-refractivity contribution in [3.8, 4) is 5.75 Å². The molecule has 1 aromatic carbocycles. The molecule has 0 aromatic heterocycles. The van der Waals surface area contributed by atoms with Crippen LogP contribution in [0.2, 0.25) is 0 Å². The Labute approximate surface area is 114 Å². The van der Waals surface area contributed by atoms with Crippen LogP contribution in [-0.4, -0.2) is 29.4 Å². The molecule has 0 saturated heterocycles. The number of hydrogen-bond donors (Lipinski definition) is 2. The summed E-state index contributed by atoms with van der Waals surface area (Å²) >= 11 is 0. The first kappa shape index (κ1) is 15.7. The van der Waals surface area contributed by atoms with Crippen molar-refractivity contribution in [1.82, 2.24) is 0 Å². The first-order valence-corrected chi connectivity index (χ1v) is 6.28. The Balaban J connectivity index is 3.04. The third-order valence-electron chi connectivity index (χ3n) is 3.09. The van der Waals surface area contributed by atoms with Crippen molar-refractivity contribution in [3.05, 3.63) is 29.8 Å². The van der Waals surface area contributed by atoms with Crippen LogP contribution in [0.1, 0.15) is 33.3 Å². The molecule has 0 amide bonds. The van der Waals surface area contributed by atoms with Crippen LogP contribution in [0, 0.1) is 5.41 Å². The highest BCUT2D eigenvalue weighted by molar-refractivity contribution is 5.79. The van der Waals surface area contributed by atoms with Crippen molar-refractivity contribution in [2.45, 2.75) is 33.1 Å². The van der Waals surface area contributed by atoms with E-state index in [-0.39, 0.29) is 5.41 Å². The van der Waals surface area contributed by atoms with Crippen LogP contribution in [-0.2, 0) is 10.2 Å². The fourth-order valence-corrected chi connectivity index (χ4v) is 1.58. The van der Waals surface area contributed by atoms with E-state index in [0.717, 1.165) is 5.56 Å². The van der Waals surface area contributed by atoms with Gasteiger partial charge in [-0.15, -0.1) is 0 Å². The van der Waals surface area contributed by atoms with E-state index in [1.807, 2.05) is 32.9 Å². The molecule has 106 valence electrons. The van der Waals surface area contributed by atoms with Crippen molar-refractivity contribution in [2.75, 3.05) is 13.2 Å². The molecule has 0 radical (unpaired) electrons. The van der Waals surface area contributed by atoms with E-state index >= 15 is 0 Å². The van der Waals surface area contributed by atoms with Gasteiger partial charge >= 0.3 is 5.97 Å². The summed E-state index contributed by atoms with van der Waals surface area (Å²) in [6.07, 6.45) is 0. The van der Waals surface area contributed by atoms with Crippen LogP contribution in [0.25, 0.3) is 0 Å². The molecule has 1 rings (SSSR count). The van der Waals surface area contributed by atoms with Crippen LogP contribution < -0.4 is 4.74 Å². The number of hydrogen-bond acceptors (Lipinski definition) is 4. The molecule has 0 aliphatic heterocycles. The van der Waals surface area contributed by atoms with E-state index in [2.05, 4.69) is 0 Å². The predicted octanol–water partition coefficient (Wildman–Crippen LogP) is 1.88. The minimum absolute atomic E-state index is 0.161. The van der Waals surface area contributed by atoms with Crippen molar-refractivity contribution < 1.29 is 19.7 Å². The van der Waals surface area contributed by atoms with Gasteiger partial charge in [-0.25, -0.2) is 0 Å². The SMILES string of the molecule is CC(CO)(CO)C(=O)Oc1ccccc1C(C)(C)C. The van der Waals surface area contributed by atoms with Crippen LogP contribution in [0.15, 0.2) is 24.3 Å². The van der Waals surface area contributed by atoms with Gasteiger partial charge in [0.15, 0.2) is 0 Å². The van der Waals surface area contributed by atoms with Gasteiger partial charge in [0.05, 0.1) is 13.2 Å². The fraction of sp³-hybridized carbons (Fsp3) is 0.533. The van der Waals surface area contributed by atoms with Crippen LogP contribution in [0.4, 0.5) is 0 Å². The Hall–Kier alpha value is -1.39. The number of carbonyl (C=O) groups is 1. The number of rotatable bonds is 4. The fourth-order valence-electron chi connectivity index (χ4n) is 1.58. The smallest absolute Gasteiger partial charge is 0.321 e. The zero-order valence-corrected chi connectivity index (χ0v) is 11.9. The Morgan fingerprint density at radius 3 is 2.11 bits per heavy atom. The summed E-state index contributed by atoms with van der Waals surface area (Å²) in [5, 5.41) is 18.4. The summed E-state index contributed by atoms with van der Waals surface area (Å²) in [6.45, 7) is 6.62. The maximum Gasteiger partial charge on any atom is 0.321 e. The second-order valence-corrected chi connectivity index (χ2v) is 6.01. The Kier molecular flexibility index (Phi) is 4.71. The first-order valence-electron chi connectivity index (χ1n) is 6.28. The molecule has 0 saturated carbocycles. The Morgan fingerprint density at radius 1 is 1.11 bits per heavy atom. The van der Waals surface area contributed by atoms with E-state index in [0.29, 0.717) is 5.75 Å². The molecule has 0 bridgehead atoms. The molecule has 0 atom stereocenters. The van der Waals surface area contributed by atoms with Gasteiger partial charge in [-0.1, -0.05) is 39.0 Å². The van der Waals surface area contributed by atoms with Gasteiger partial charge in [0.1, 0.15) is 11.2 Å². The number of ether oxygens (including phenoxy) is 1. The lowest BCUT2D eigenvalue weighted by Crippen LogP contribution is -2.39. The zero-order valence-electron chi connectivity index (χ0n) is 11.9. The second kappa shape index (κ2) is 5.72. The normalized spacial score (nSPS) is 12.3. The highest BCUT2D eigenvalue weighted by Gasteiger charge is 2.35. The van der Waals surface area contributed by atoms with Gasteiger partial charge in [-0.2, -0.15) is 0 Å². The molecular weight excluding hydrogens is 244 g/mol. The molecule has 1 aromatic rings. The maximum atomic E-state index is 12.0. The minimum atomic E-state index is -1.29. The summed E-state index contributed by atoms with van der Waals surface area (Å²) in [6, 6.07) is 7.29. The molecule has 19 heavy (non-hydrogen) atoms. The van der Waals surface area contributed by atoms with Crippen molar-refractivity contribution >= 4 is 5.97 Å². The number of carbonyl (C=O) groups excluding carboxylic acids is 1. The molecule has 0 heterocycles. The third kappa shape index (κ3) is 3.55. The van der Waals surface area contributed by atoms with E-state index < -0.39 is 24.6 Å². The lowest BCUT2D eigenvalue weighted by Gasteiger charge is -2.26. The summed E-state index contributed by atoms with van der Waals surface area (Å²) in [4.78, 5) is 12.0. The van der Waals surface area contributed by atoms with Crippen LogP contribution in [0.3, 0.4) is 0 Å². The standard InChI is InChI=1S/C15H22O4/c1-14(2,3)11-7-5-6-8-12(11)19-13(18)15(4,9-16)10-17/h5-8,16-17H,9-10H2,1-4H3. The van der Waals surface area contributed by atoms with Crippen LogP contribution in [0.5, 0.6) is 5.75 Å². The van der Waals surface area contributed by atoms with E-state index in [9.17, 15) is 15.0 Å². The number of benzene rings is 1. The maximum absolute atomic E-state index is 12.0. The van der Waals surface area contributed by atoms with E-state index in [4.69, 9.17) is 4.74 Å². The van der Waals surface area contributed by atoms with Crippen LogP contribution >= 0.6 is 0 Å². The highest BCUT2D eigenvalue weighted by Crippen LogP contribution is 2.32. The molecule has 0 fully saturated rings. The highest BCUT2D eigenvalue weighted by atomic mass is 16.5. The molecule has 4 nitrogen and oxygen atoms in total. The predicted molar refractivity (Wildman–Crippen MR) is 73.1 cm³/mol. The lowest BCUT2D eigenvalue weighted by atomic mass is 9.86. The van der Waals surface area contributed by atoms with Gasteiger partial charge in [0.2, 0.25) is 0 Å². The molecular formula is C15H22O4. The largest absolute Gasteiger partial charge is 0.426 e. The van der Waals surface area contributed by atoms with Gasteiger partial charge in [-0.05, 0) is 18.4 Å². The summed E-state index contributed by atoms with van der Waals surface area (Å²) in [7, 11) is 0. The van der Waals surface area contributed by atoms with Crippen molar-refractivity contribution in [2.24, 2.45) is 5.41 Å². The number of aliphatic hydroxyl groups excluding tert-OH is 2. The van der Waals surface area contributed by atoms with E-state index in [1.165, 1.54) is 6.92 Å². The Morgan fingerprint density at radius 2 is 1.63 bits per heavy atom. The van der Waals surface area contributed by atoms with Crippen molar-refractivity contribution in [1.29, 1.82) is 0 Å². The number of esters is 1. The van der Waals surface area contributed by atoms with Gasteiger partial charge in [0.25, 0.3) is 0 Å². The molecule has 4 heteroatoms. The molecule has 0 spiro atoms. The lowest BCUT2D eigenvalue weighted by molar-refractivity contribution is -0.150. The van der Waals surface area contributed by atoms with Gasteiger partial charge < -0.3 is 14.9 Å². The van der Waals surface area contributed by atoms with Crippen molar-refractivity contribution in [3.63, 3.8) is 0 Å². The monoisotopic (exact) mass is 266 g/mol. The number of para-hydroxylation sites is 1. The van der Waals surface area contributed by atoms with Gasteiger partial charge in [-0.3, -0.25) is 4.79 Å². The summed E-state index contributed by atoms with van der Waals surface area (Å²) in [5.74, 6) is -0.165. The molecule has 0 aliphatic rings. The third-order valence-corrected chi connectivity index (χ3v) is 3.09. The average Bonchev–Trinajstić information content (AvgIpc) is 2.37. The zero-order chi connectivity index (χ0) is 14.7. The molecule has 0 unspecified atom stereocenters. The Bertz CT molecular complexity index is 442. The minimum Gasteiger partial charge on any atom is -0.426 e. The topological polar surface area (TPSA) is 66.8 Å². The quantitative estimate of drug-likeness (QED) is 0.645. The molecule has 0 aliphatic carbocycles. The van der Waals surface area contributed by atoms with Gasteiger partial charge in [0, 0.05) is 5.56 Å². The summed E-state index contributed by atoms with van der Waals surface area (Å²) < 4.78 is 5.36. The average molecular weight is 266 g/mol. The second-order valence-electron chi connectivity index (χ2n) is 6.01.